The average molecular weight is 213 g/mol. The fraction of sp³-hybridized carbons (Fsp3) is 0. The molecule has 0 bridgehead atoms. The van der Waals surface area contributed by atoms with Crippen molar-refractivity contribution in [2.24, 2.45) is 0 Å². The van der Waals surface area contributed by atoms with Crippen LogP contribution in [0.25, 0.3) is 0 Å². The van der Waals surface area contributed by atoms with Gasteiger partial charge in [0, 0.05) is 0 Å². The third-order valence-corrected chi connectivity index (χ3v) is 1.38. The van der Waals surface area contributed by atoms with Gasteiger partial charge in [-0.1, -0.05) is 0 Å². The summed E-state index contributed by atoms with van der Waals surface area (Å²) in [6.45, 7) is 0. The molecule has 0 spiro atoms. The Labute approximate surface area is 81.6 Å². The minimum atomic E-state index is -1.06. The van der Waals surface area contributed by atoms with Gasteiger partial charge in [0.15, 0.2) is 0 Å². The van der Waals surface area contributed by atoms with Crippen LogP contribution in [-0.2, 0) is 4.57 Å². The second kappa shape index (κ2) is 5.83. The summed E-state index contributed by atoms with van der Waals surface area (Å²) in [5.41, 5.74) is 0.167. The van der Waals surface area contributed by atoms with Crippen LogP contribution in [0.1, 0.15) is 20.7 Å². The van der Waals surface area contributed by atoms with Crippen molar-refractivity contribution in [2.75, 3.05) is 0 Å². The van der Waals surface area contributed by atoms with Gasteiger partial charge in [0.05, 0.1) is 11.1 Å². The van der Waals surface area contributed by atoms with Gasteiger partial charge in [-0.15, -0.1) is 0 Å². The molecular formula is C8H6O5P. The van der Waals surface area contributed by atoms with E-state index < -0.39 is 11.9 Å². The van der Waals surface area contributed by atoms with E-state index in [4.69, 9.17) is 14.8 Å². The Hall–Kier alpha value is -1.74. The third kappa shape index (κ3) is 3.33. The van der Waals surface area contributed by atoms with E-state index in [1.807, 2.05) is 0 Å². The molecule has 0 aromatic heterocycles. The van der Waals surface area contributed by atoms with E-state index >= 15 is 0 Å². The molecule has 0 atom stereocenters. The Morgan fingerprint density at radius 3 is 1.21 bits per heavy atom. The molecule has 14 heavy (non-hydrogen) atoms. The van der Waals surface area contributed by atoms with Gasteiger partial charge in [-0.3, -0.25) is 4.57 Å². The highest BCUT2D eigenvalue weighted by molar-refractivity contribution is 7.00. The molecule has 0 amide bonds. The predicted molar refractivity (Wildman–Crippen MR) is 48.0 cm³/mol. The van der Waals surface area contributed by atoms with Gasteiger partial charge in [-0.05, 0) is 24.3 Å². The zero-order valence-electron chi connectivity index (χ0n) is 6.88. The van der Waals surface area contributed by atoms with Gasteiger partial charge in [0.2, 0.25) is 0 Å². The first-order valence-corrected chi connectivity index (χ1v) is 3.72. The molecular weight excluding hydrogens is 207 g/mol. The van der Waals surface area contributed by atoms with Crippen LogP contribution in [0, 0.1) is 0 Å². The highest BCUT2D eigenvalue weighted by Gasteiger charge is 2.04. The highest BCUT2D eigenvalue weighted by atomic mass is 31.0. The monoisotopic (exact) mass is 213 g/mol. The van der Waals surface area contributed by atoms with Crippen LogP contribution in [0.3, 0.4) is 0 Å². The van der Waals surface area contributed by atoms with E-state index in [1.165, 1.54) is 24.3 Å². The third-order valence-electron chi connectivity index (χ3n) is 1.38. The van der Waals surface area contributed by atoms with Crippen LogP contribution in [0.4, 0.5) is 0 Å². The first kappa shape index (κ1) is 12.3. The lowest BCUT2D eigenvalue weighted by Crippen LogP contribution is -1.99. The van der Waals surface area contributed by atoms with E-state index in [1.54, 1.807) is 0 Å². The molecule has 0 aliphatic heterocycles. The van der Waals surface area contributed by atoms with E-state index in [0.717, 1.165) is 0 Å². The maximum atomic E-state index is 10.3. The van der Waals surface area contributed by atoms with E-state index in [9.17, 15) is 9.59 Å². The molecule has 0 fully saturated rings. The second-order valence-corrected chi connectivity index (χ2v) is 2.19. The Balaban J connectivity index is 0.000000791. The van der Waals surface area contributed by atoms with E-state index in [2.05, 4.69) is 9.12 Å². The van der Waals surface area contributed by atoms with Gasteiger partial charge in [-0.25, -0.2) is 9.59 Å². The molecule has 0 saturated heterocycles. The number of hydrogen-bond donors (Lipinski definition) is 2. The maximum absolute atomic E-state index is 10.3. The summed E-state index contributed by atoms with van der Waals surface area (Å²) in [6, 6.07) is 5.02. The number of hydrogen-bond acceptors (Lipinski definition) is 3. The number of carboxylic acid groups (broad SMARTS) is 2. The summed E-state index contributed by atoms with van der Waals surface area (Å²) >= 11 is 0. The normalized spacial score (nSPS) is 8.29. The van der Waals surface area contributed by atoms with E-state index in [-0.39, 0.29) is 11.1 Å². The minimum Gasteiger partial charge on any atom is -0.478 e. The zero-order chi connectivity index (χ0) is 11.1. The molecule has 73 valence electrons. The molecule has 0 aliphatic carbocycles. The van der Waals surface area contributed by atoms with Crippen molar-refractivity contribution in [2.45, 2.75) is 0 Å². The molecule has 0 aliphatic rings. The lowest BCUT2D eigenvalue weighted by Gasteiger charge is -1.94. The van der Waals surface area contributed by atoms with Gasteiger partial charge in [0.25, 0.3) is 9.12 Å². The first-order valence-electron chi connectivity index (χ1n) is 3.36. The van der Waals surface area contributed by atoms with Crippen LogP contribution in [0.2, 0.25) is 0 Å². The van der Waals surface area contributed by atoms with Crippen molar-refractivity contribution >= 4 is 21.1 Å². The minimum absolute atomic E-state index is 0.0833. The largest absolute Gasteiger partial charge is 0.478 e. The van der Waals surface area contributed by atoms with Crippen molar-refractivity contribution in [3.8, 4) is 0 Å². The van der Waals surface area contributed by atoms with Crippen LogP contribution >= 0.6 is 9.12 Å². The van der Waals surface area contributed by atoms with Crippen molar-refractivity contribution in [3.63, 3.8) is 0 Å². The molecule has 1 rings (SSSR count). The number of carboxylic acids is 2. The fourth-order valence-electron chi connectivity index (χ4n) is 0.755. The Bertz CT molecular complexity index is 299. The molecule has 6 heteroatoms. The molecule has 1 aromatic carbocycles. The lowest BCUT2D eigenvalue weighted by molar-refractivity contribution is 0.0681. The maximum Gasteiger partial charge on any atom is 0.335 e. The second-order valence-electron chi connectivity index (χ2n) is 2.19. The van der Waals surface area contributed by atoms with Crippen molar-refractivity contribution in [1.29, 1.82) is 0 Å². The molecule has 1 radical (unpaired) electrons. The van der Waals surface area contributed by atoms with Gasteiger partial charge < -0.3 is 10.2 Å². The fourth-order valence-corrected chi connectivity index (χ4v) is 0.755. The number of carbonyl (C=O) groups is 2. The Morgan fingerprint density at radius 2 is 1.07 bits per heavy atom. The summed E-state index contributed by atoms with van der Waals surface area (Å²) in [5.74, 6) is -2.13. The van der Waals surface area contributed by atoms with Crippen molar-refractivity contribution in [1.82, 2.24) is 0 Å². The smallest absolute Gasteiger partial charge is 0.335 e. The Kier molecular flexibility index (Phi) is 5.10. The van der Waals surface area contributed by atoms with Crippen LogP contribution < -0.4 is 0 Å². The number of aromatic carboxylic acids is 2. The standard InChI is InChI=1S/C8H6O4.OP/c9-7(10)5-1-2-6(4-3-5)8(11)12;1-2/h1-4H,(H,9,10)(H,11,12);. The summed E-state index contributed by atoms with van der Waals surface area (Å²) < 4.78 is 7.94. The van der Waals surface area contributed by atoms with E-state index in [0.29, 0.717) is 0 Å². The predicted octanol–water partition coefficient (Wildman–Crippen LogP) is 1.83. The molecule has 0 heterocycles. The topological polar surface area (TPSA) is 91.7 Å². The van der Waals surface area contributed by atoms with Crippen LogP contribution in [-0.4, -0.2) is 22.2 Å². The Morgan fingerprint density at radius 1 is 0.857 bits per heavy atom. The summed E-state index contributed by atoms with van der Waals surface area (Å²) in [7, 11) is 2.28. The zero-order valence-corrected chi connectivity index (χ0v) is 7.77. The van der Waals surface area contributed by atoms with Crippen LogP contribution in [0.5, 0.6) is 0 Å². The molecule has 0 saturated carbocycles. The average Bonchev–Trinajstić information content (AvgIpc) is 2.21. The molecule has 2 N–H and O–H groups in total. The van der Waals surface area contributed by atoms with Crippen LogP contribution in [0.15, 0.2) is 24.3 Å². The first-order chi connectivity index (χ1) is 6.61. The number of benzene rings is 1. The van der Waals surface area contributed by atoms with Gasteiger partial charge >= 0.3 is 11.9 Å². The van der Waals surface area contributed by atoms with Crippen molar-refractivity contribution in [3.05, 3.63) is 35.4 Å². The van der Waals surface area contributed by atoms with Gasteiger partial charge in [0.1, 0.15) is 0 Å². The summed E-state index contributed by atoms with van der Waals surface area (Å²) in [6.07, 6.45) is 0. The molecule has 0 unspecified atom stereocenters. The van der Waals surface area contributed by atoms with Crippen molar-refractivity contribution < 1.29 is 24.4 Å². The summed E-state index contributed by atoms with van der Waals surface area (Å²) in [5, 5.41) is 16.9. The lowest BCUT2D eigenvalue weighted by atomic mass is 10.1. The molecule has 1 aromatic rings. The highest BCUT2D eigenvalue weighted by Crippen LogP contribution is 2.03. The quantitative estimate of drug-likeness (QED) is 0.731. The SMILES string of the molecule is O=C(O)c1ccc(C(=O)O)cc1.O=[P]. The number of rotatable bonds is 2. The van der Waals surface area contributed by atoms with Gasteiger partial charge in [-0.2, -0.15) is 0 Å². The molecule has 5 nitrogen and oxygen atoms in total. The summed E-state index contributed by atoms with van der Waals surface area (Å²) in [4.78, 5) is 20.7.